The third-order valence-electron chi connectivity index (χ3n) is 3.21. The van der Waals surface area contributed by atoms with Gasteiger partial charge >= 0.3 is 0 Å². The van der Waals surface area contributed by atoms with Crippen molar-refractivity contribution in [3.05, 3.63) is 35.9 Å². The summed E-state index contributed by atoms with van der Waals surface area (Å²) in [5, 5.41) is 2.88. The van der Waals surface area contributed by atoms with Crippen LogP contribution in [0, 0.1) is 5.92 Å². The van der Waals surface area contributed by atoms with Gasteiger partial charge in [-0.1, -0.05) is 30.3 Å². The lowest BCUT2D eigenvalue weighted by Crippen LogP contribution is -2.38. The van der Waals surface area contributed by atoms with E-state index in [0.29, 0.717) is 32.7 Å². The number of nitrogens with two attached hydrogens (primary N) is 1. The van der Waals surface area contributed by atoms with Crippen LogP contribution < -0.4 is 11.1 Å². The maximum absolute atomic E-state index is 12.1. The Bertz CT molecular complexity index is 396. The van der Waals surface area contributed by atoms with E-state index in [2.05, 4.69) is 10.2 Å². The van der Waals surface area contributed by atoms with Crippen molar-refractivity contribution < 1.29 is 9.53 Å². The van der Waals surface area contributed by atoms with Crippen LogP contribution in [-0.2, 0) is 16.0 Å². The standard InChI is InChI=1S/C16H27N3O2/c1-19(2)9-11-21-10-8-18-16(20)15(13-17)12-14-6-4-3-5-7-14/h3-7,15H,8-13,17H2,1-2H3,(H,18,20). The highest BCUT2D eigenvalue weighted by Crippen LogP contribution is 2.07. The van der Waals surface area contributed by atoms with Crippen LogP contribution in [0.5, 0.6) is 0 Å². The fraction of sp³-hybridized carbons (Fsp3) is 0.562. The summed E-state index contributed by atoms with van der Waals surface area (Å²) in [4.78, 5) is 14.1. The van der Waals surface area contributed by atoms with Gasteiger partial charge < -0.3 is 20.7 Å². The van der Waals surface area contributed by atoms with Crippen molar-refractivity contribution in [2.45, 2.75) is 6.42 Å². The molecule has 1 rings (SSSR count). The van der Waals surface area contributed by atoms with Gasteiger partial charge in [0.15, 0.2) is 0 Å². The summed E-state index contributed by atoms with van der Waals surface area (Å²) in [5.41, 5.74) is 6.84. The second-order valence-corrected chi connectivity index (χ2v) is 5.33. The minimum Gasteiger partial charge on any atom is -0.378 e. The van der Waals surface area contributed by atoms with Gasteiger partial charge in [-0.15, -0.1) is 0 Å². The lowest BCUT2D eigenvalue weighted by molar-refractivity contribution is -0.124. The molecule has 3 N–H and O–H groups in total. The zero-order chi connectivity index (χ0) is 15.5. The number of hydrogen-bond acceptors (Lipinski definition) is 4. The number of ether oxygens (including phenoxy) is 1. The number of carbonyl (C=O) groups is 1. The molecule has 1 aromatic carbocycles. The molecule has 1 amide bonds. The highest BCUT2D eigenvalue weighted by Gasteiger charge is 2.16. The quantitative estimate of drug-likeness (QED) is 0.616. The first-order valence-corrected chi connectivity index (χ1v) is 7.37. The topological polar surface area (TPSA) is 67.6 Å². The van der Waals surface area contributed by atoms with Crippen molar-refractivity contribution in [3.8, 4) is 0 Å². The smallest absolute Gasteiger partial charge is 0.224 e. The molecule has 0 saturated heterocycles. The Kier molecular flexibility index (Phi) is 8.66. The first-order chi connectivity index (χ1) is 10.1. The molecule has 0 fully saturated rings. The van der Waals surface area contributed by atoms with E-state index in [4.69, 9.17) is 10.5 Å². The number of amides is 1. The van der Waals surface area contributed by atoms with E-state index in [1.807, 2.05) is 44.4 Å². The summed E-state index contributed by atoms with van der Waals surface area (Å²) in [6.07, 6.45) is 0.671. The Hall–Kier alpha value is -1.43. The molecule has 1 atom stereocenters. The van der Waals surface area contributed by atoms with Crippen LogP contribution in [0.25, 0.3) is 0 Å². The van der Waals surface area contributed by atoms with Crippen molar-refractivity contribution in [2.75, 3.05) is 46.9 Å². The van der Waals surface area contributed by atoms with Crippen LogP contribution in [0.1, 0.15) is 5.56 Å². The number of hydrogen-bond donors (Lipinski definition) is 2. The Morgan fingerprint density at radius 3 is 2.62 bits per heavy atom. The molecule has 118 valence electrons. The summed E-state index contributed by atoms with van der Waals surface area (Å²) >= 11 is 0. The second kappa shape index (κ2) is 10.3. The Balaban J connectivity index is 2.22. The normalized spacial score (nSPS) is 12.4. The Labute approximate surface area is 127 Å². The molecule has 0 spiro atoms. The lowest BCUT2D eigenvalue weighted by Gasteiger charge is -2.15. The van der Waals surface area contributed by atoms with Crippen molar-refractivity contribution in [1.82, 2.24) is 10.2 Å². The molecule has 0 saturated carbocycles. The van der Waals surface area contributed by atoms with E-state index >= 15 is 0 Å². The number of benzene rings is 1. The highest BCUT2D eigenvalue weighted by atomic mass is 16.5. The van der Waals surface area contributed by atoms with Gasteiger partial charge in [-0.05, 0) is 26.1 Å². The SMILES string of the molecule is CN(C)CCOCCNC(=O)C(CN)Cc1ccccc1. The molecule has 21 heavy (non-hydrogen) atoms. The van der Waals surface area contributed by atoms with Crippen LogP contribution in [0.2, 0.25) is 0 Å². The average molecular weight is 293 g/mol. The van der Waals surface area contributed by atoms with Crippen molar-refractivity contribution >= 4 is 5.91 Å². The van der Waals surface area contributed by atoms with E-state index in [9.17, 15) is 4.79 Å². The first kappa shape index (κ1) is 17.6. The summed E-state index contributed by atoms with van der Waals surface area (Å²) in [6, 6.07) is 9.94. The minimum absolute atomic E-state index is 0.00226. The summed E-state index contributed by atoms with van der Waals surface area (Å²) < 4.78 is 5.44. The third kappa shape index (κ3) is 7.80. The van der Waals surface area contributed by atoms with E-state index in [-0.39, 0.29) is 11.8 Å². The Morgan fingerprint density at radius 2 is 2.00 bits per heavy atom. The molecule has 1 unspecified atom stereocenters. The van der Waals surface area contributed by atoms with Gasteiger partial charge in [0.2, 0.25) is 5.91 Å². The minimum atomic E-state index is -0.186. The molecule has 0 bridgehead atoms. The molecule has 0 aliphatic heterocycles. The zero-order valence-electron chi connectivity index (χ0n) is 13.0. The number of carbonyl (C=O) groups excluding carboxylic acids is 1. The molecular formula is C16H27N3O2. The van der Waals surface area contributed by atoms with Gasteiger partial charge in [-0.2, -0.15) is 0 Å². The first-order valence-electron chi connectivity index (χ1n) is 7.37. The number of rotatable bonds is 10. The summed E-state index contributed by atoms with van der Waals surface area (Å²) in [6.45, 7) is 2.96. The largest absolute Gasteiger partial charge is 0.378 e. The molecule has 0 aromatic heterocycles. The van der Waals surface area contributed by atoms with Crippen LogP contribution in [0.4, 0.5) is 0 Å². The van der Waals surface area contributed by atoms with E-state index < -0.39 is 0 Å². The van der Waals surface area contributed by atoms with Crippen LogP contribution in [0.3, 0.4) is 0 Å². The molecular weight excluding hydrogens is 266 g/mol. The maximum atomic E-state index is 12.1. The molecule has 0 radical (unpaired) electrons. The van der Waals surface area contributed by atoms with Gasteiger partial charge in [0, 0.05) is 19.6 Å². The lowest BCUT2D eigenvalue weighted by atomic mass is 9.98. The molecule has 0 aliphatic rings. The fourth-order valence-corrected chi connectivity index (χ4v) is 1.92. The van der Waals surface area contributed by atoms with Gasteiger partial charge in [0.25, 0.3) is 0 Å². The van der Waals surface area contributed by atoms with Crippen LogP contribution in [-0.4, -0.2) is 57.8 Å². The van der Waals surface area contributed by atoms with Gasteiger partial charge in [-0.25, -0.2) is 0 Å². The van der Waals surface area contributed by atoms with E-state index in [1.54, 1.807) is 0 Å². The highest BCUT2D eigenvalue weighted by molar-refractivity contribution is 5.79. The molecule has 5 nitrogen and oxygen atoms in total. The predicted molar refractivity (Wildman–Crippen MR) is 85.1 cm³/mol. The summed E-state index contributed by atoms with van der Waals surface area (Å²) in [7, 11) is 4.00. The van der Waals surface area contributed by atoms with Crippen LogP contribution >= 0.6 is 0 Å². The number of nitrogens with one attached hydrogen (secondary N) is 1. The predicted octanol–water partition coefficient (Wildman–Crippen LogP) is 0.498. The fourth-order valence-electron chi connectivity index (χ4n) is 1.92. The third-order valence-corrected chi connectivity index (χ3v) is 3.21. The van der Waals surface area contributed by atoms with Crippen molar-refractivity contribution in [1.29, 1.82) is 0 Å². The van der Waals surface area contributed by atoms with Crippen molar-refractivity contribution in [3.63, 3.8) is 0 Å². The van der Waals surface area contributed by atoms with Gasteiger partial charge in [-0.3, -0.25) is 4.79 Å². The van der Waals surface area contributed by atoms with Crippen molar-refractivity contribution in [2.24, 2.45) is 11.7 Å². The molecule has 5 heteroatoms. The van der Waals surface area contributed by atoms with E-state index in [0.717, 1.165) is 12.1 Å². The van der Waals surface area contributed by atoms with Gasteiger partial charge in [0.1, 0.15) is 0 Å². The summed E-state index contributed by atoms with van der Waals surface area (Å²) in [5.74, 6) is -0.188. The number of nitrogens with zero attached hydrogens (tertiary/aromatic N) is 1. The molecule has 0 aliphatic carbocycles. The second-order valence-electron chi connectivity index (χ2n) is 5.33. The number of likely N-dealkylation sites (N-methyl/N-ethyl adjacent to an activating group) is 1. The average Bonchev–Trinajstić information content (AvgIpc) is 2.48. The van der Waals surface area contributed by atoms with Crippen LogP contribution in [0.15, 0.2) is 30.3 Å². The Morgan fingerprint density at radius 1 is 1.29 bits per heavy atom. The molecule has 1 aromatic rings. The molecule has 0 heterocycles. The zero-order valence-corrected chi connectivity index (χ0v) is 13.0. The van der Waals surface area contributed by atoms with E-state index in [1.165, 1.54) is 0 Å². The maximum Gasteiger partial charge on any atom is 0.224 e. The van der Waals surface area contributed by atoms with Gasteiger partial charge in [0.05, 0.1) is 19.1 Å². The monoisotopic (exact) mass is 293 g/mol.